The van der Waals surface area contributed by atoms with E-state index < -0.39 is 0 Å². The lowest BCUT2D eigenvalue weighted by Gasteiger charge is -2.14. The molecule has 0 radical (unpaired) electrons. The van der Waals surface area contributed by atoms with Gasteiger partial charge >= 0.3 is 0 Å². The second-order valence-electron chi connectivity index (χ2n) is 4.20. The van der Waals surface area contributed by atoms with Crippen molar-refractivity contribution in [3.8, 4) is 0 Å². The molecule has 1 aromatic heterocycles. The number of hydrogen-bond donors (Lipinski definition) is 0. The minimum atomic E-state index is 0.314. The zero-order valence-corrected chi connectivity index (χ0v) is 9.28. The second-order valence-corrected chi connectivity index (χ2v) is 4.20. The molecule has 1 aliphatic heterocycles. The van der Waals surface area contributed by atoms with Gasteiger partial charge in [-0.3, -0.25) is 4.79 Å². The quantitative estimate of drug-likeness (QED) is 0.737. The van der Waals surface area contributed by atoms with Crippen LogP contribution in [0.15, 0.2) is 18.3 Å². The van der Waals surface area contributed by atoms with Gasteiger partial charge in [-0.05, 0) is 31.4 Å². The van der Waals surface area contributed by atoms with E-state index in [1.165, 1.54) is 18.5 Å². The highest BCUT2D eigenvalue weighted by atomic mass is 16.2. The summed E-state index contributed by atoms with van der Waals surface area (Å²) in [7, 11) is 2.02. The van der Waals surface area contributed by atoms with Crippen LogP contribution in [0.4, 0.5) is 0 Å². The maximum absolute atomic E-state index is 11.8. The summed E-state index contributed by atoms with van der Waals surface area (Å²) >= 11 is 0. The fourth-order valence-corrected chi connectivity index (χ4v) is 2.12. The van der Waals surface area contributed by atoms with E-state index in [1.54, 1.807) is 0 Å². The van der Waals surface area contributed by atoms with Gasteiger partial charge in [-0.15, -0.1) is 0 Å². The number of rotatable bonds is 3. The maximum atomic E-state index is 11.8. The maximum Gasteiger partial charge on any atom is 0.222 e. The van der Waals surface area contributed by atoms with Gasteiger partial charge in [-0.25, -0.2) is 0 Å². The highest BCUT2D eigenvalue weighted by Crippen LogP contribution is 2.11. The van der Waals surface area contributed by atoms with Crippen molar-refractivity contribution in [3.05, 3.63) is 24.0 Å². The van der Waals surface area contributed by atoms with E-state index in [9.17, 15) is 4.79 Å². The van der Waals surface area contributed by atoms with Crippen molar-refractivity contribution in [2.24, 2.45) is 7.05 Å². The molecule has 0 atom stereocenters. The van der Waals surface area contributed by atoms with Gasteiger partial charge in [0.2, 0.25) is 5.91 Å². The molecule has 15 heavy (non-hydrogen) atoms. The highest BCUT2D eigenvalue weighted by molar-refractivity contribution is 5.76. The van der Waals surface area contributed by atoms with Crippen molar-refractivity contribution >= 4 is 5.91 Å². The number of likely N-dealkylation sites (tertiary alicyclic amines) is 1. The predicted molar refractivity (Wildman–Crippen MR) is 59.5 cm³/mol. The summed E-state index contributed by atoms with van der Waals surface area (Å²) in [6.45, 7) is 1.93. The number of hydrogen-bond acceptors (Lipinski definition) is 1. The summed E-state index contributed by atoms with van der Waals surface area (Å²) in [5, 5.41) is 0. The number of nitrogens with zero attached hydrogens (tertiary/aromatic N) is 2. The molecule has 0 aromatic carbocycles. The summed E-state index contributed by atoms with van der Waals surface area (Å²) in [4.78, 5) is 13.8. The highest BCUT2D eigenvalue weighted by Gasteiger charge is 2.17. The Morgan fingerprint density at radius 3 is 2.73 bits per heavy atom. The summed E-state index contributed by atoms with van der Waals surface area (Å²) in [5.74, 6) is 0.314. The molecule has 1 amide bonds. The average molecular weight is 206 g/mol. The Balaban J connectivity index is 1.83. The Bertz CT molecular complexity index is 337. The first-order valence-electron chi connectivity index (χ1n) is 5.65. The second kappa shape index (κ2) is 4.51. The third kappa shape index (κ3) is 2.41. The number of carbonyl (C=O) groups is 1. The zero-order chi connectivity index (χ0) is 10.7. The van der Waals surface area contributed by atoms with Crippen LogP contribution in [0.3, 0.4) is 0 Å². The summed E-state index contributed by atoms with van der Waals surface area (Å²) in [6, 6.07) is 4.10. The zero-order valence-electron chi connectivity index (χ0n) is 9.28. The number of carbonyl (C=O) groups excluding carboxylic acids is 1. The van der Waals surface area contributed by atoms with Gasteiger partial charge in [0.25, 0.3) is 0 Å². The summed E-state index contributed by atoms with van der Waals surface area (Å²) in [5.41, 5.74) is 1.24. The molecule has 1 aromatic rings. The van der Waals surface area contributed by atoms with Crippen LogP contribution in [0.5, 0.6) is 0 Å². The van der Waals surface area contributed by atoms with E-state index in [2.05, 4.69) is 10.6 Å². The van der Waals surface area contributed by atoms with Crippen LogP contribution in [0.2, 0.25) is 0 Å². The Morgan fingerprint density at radius 1 is 1.40 bits per heavy atom. The van der Waals surface area contributed by atoms with E-state index in [0.29, 0.717) is 12.3 Å². The molecular formula is C12H18N2O. The first kappa shape index (κ1) is 10.3. The molecule has 82 valence electrons. The molecule has 0 N–H and O–H groups in total. The molecule has 3 heteroatoms. The molecule has 0 saturated carbocycles. The molecule has 2 rings (SSSR count). The van der Waals surface area contributed by atoms with Crippen LogP contribution in [0, 0.1) is 0 Å². The molecule has 0 unspecified atom stereocenters. The minimum absolute atomic E-state index is 0.314. The Kier molecular flexibility index (Phi) is 3.09. The third-order valence-corrected chi connectivity index (χ3v) is 3.11. The first-order valence-corrected chi connectivity index (χ1v) is 5.65. The van der Waals surface area contributed by atoms with Crippen LogP contribution in [0.1, 0.15) is 25.0 Å². The van der Waals surface area contributed by atoms with E-state index in [4.69, 9.17) is 0 Å². The van der Waals surface area contributed by atoms with Gasteiger partial charge < -0.3 is 9.47 Å². The normalized spacial score (nSPS) is 15.9. The van der Waals surface area contributed by atoms with Gasteiger partial charge in [0, 0.05) is 38.4 Å². The monoisotopic (exact) mass is 206 g/mol. The number of aryl methyl sites for hydroxylation is 2. The van der Waals surface area contributed by atoms with E-state index in [-0.39, 0.29) is 0 Å². The van der Waals surface area contributed by atoms with E-state index in [1.807, 2.05) is 24.2 Å². The molecular weight excluding hydrogens is 188 g/mol. The molecule has 0 spiro atoms. The summed E-state index contributed by atoms with van der Waals surface area (Å²) in [6.07, 6.45) is 5.89. The smallest absolute Gasteiger partial charge is 0.222 e. The lowest BCUT2D eigenvalue weighted by molar-refractivity contribution is -0.130. The molecule has 1 saturated heterocycles. The number of aromatic nitrogens is 1. The number of amides is 1. The van der Waals surface area contributed by atoms with Crippen molar-refractivity contribution in [1.29, 1.82) is 0 Å². The largest absolute Gasteiger partial charge is 0.354 e. The SMILES string of the molecule is Cn1cccc1CCC(=O)N1CCCC1. The fourth-order valence-electron chi connectivity index (χ4n) is 2.12. The Hall–Kier alpha value is -1.25. The molecule has 0 bridgehead atoms. The fraction of sp³-hybridized carbons (Fsp3) is 0.583. The van der Waals surface area contributed by atoms with Crippen molar-refractivity contribution < 1.29 is 4.79 Å². The van der Waals surface area contributed by atoms with Crippen LogP contribution >= 0.6 is 0 Å². The van der Waals surface area contributed by atoms with Gasteiger partial charge in [-0.1, -0.05) is 0 Å². The van der Waals surface area contributed by atoms with Crippen LogP contribution in [0.25, 0.3) is 0 Å². The Labute approximate surface area is 90.7 Å². The van der Waals surface area contributed by atoms with Gasteiger partial charge in [0.15, 0.2) is 0 Å². The van der Waals surface area contributed by atoms with Crippen LogP contribution < -0.4 is 0 Å². The molecule has 0 aliphatic carbocycles. The standard InChI is InChI=1S/C12H18N2O/c1-13-8-4-5-11(13)6-7-12(15)14-9-2-3-10-14/h4-5,8H,2-3,6-7,9-10H2,1H3. The van der Waals surface area contributed by atoms with Crippen LogP contribution in [-0.2, 0) is 18.3 Å². The lowest BCUT2D eigenvalue weighted by Crippen LogP contribution is -2.27. The van der Waals surface area contributed by atoms with Crippen LogP contribution in [-0.4, -0.2) is 28.5 Å². The van der Waals surface area contributed by atoms with Gasteiger partial charge in [-0.2, -0.15) is 0 Å². The minimum Gasteiger partial charge on any atom is -0.354 e. The first-order chi connectivity index (χ1) is 7.27. The van der Waals surface area contributed by atoms with Crippen molar-refractivity contribution in [2.75, 3.05) is 13.1 Å². The summed E-state index contributed by atoms with van der Waals surface area (Å²) < 4.78 is 2.08. The van der Waals surface area contributed by atoms with Gasteiger partial charge in [0.1, 0.15) is 0 Å². The van der Waals surface area contributed by atoms with Crippen molar-refractivity contribution in [1.82, 2.24) is 9.47 Å². The third-order valence-electron chi connectivity index (χ3n) is 3.11. The van der Waals surface area contributed by atoms with Crippen molar-refractivity contribution in [3.63, 3.8) is 0 Å². The molecule has 1 fully saturated rings. The molecule has 3 nitrogen and oxygen atoms in total. The topological polar surface area (TPSA) is 25.2 Å². The predicted octanol–water partition coefficient (Wildman–Crippen LogP) is 1.58. The Morgan fingerprint density at radius 2 is 2.13 bits per heavy atom. The van der Waals surface area contributed by atoms with E-state index in [0.717, 1.165) is 19.5 Å². The van der Waals surface area contributed by atoms with Crippen molar-refractivity contribution in [2.45, 2.75) is 25.7 Å². The molecule has 2 heterocycles. The van der Waals surface area contributed by atoms with E-state index >= 15 is 0 Å². The van der Waals surface area contributed by atoms with Gasteiger partial charge in [0.05, 0.1) is 0 Å². The average Bonchev–Trinajstić information content (AvgIpc) is 2.85. The molecule has 1 aliphatic rings. The lowest BCUT2D eigenvalue weighted by atomic mass is 10.2.